The lowest BCUT2D eigenvalue weighted by Crippen LogP contribution is -2.48. The Bertz CT molecular complexity index is 308. The van der Waals surface area contributed by atoms with Crippen LogP contribution in [-0.2, 0) is 9.53 Å². The number of carbonyl (C=O) groups is 1. The second kappa shape index (κ2) is 5.44. The minimum atomic E-state index is -4.72. The third-order valence-electron chi connectivity index (χ3n) is 3.60. The van der Waals surface area contributed by atoms with Crippen molar-refractivity contribution in [3.63, 3.8) is 0 Å². The maximum Gasteiger partial charge on any atom is 0.406 e. The lowest BCUT2D eigenvalue weighted by molar-refractivity contribution is -0.228. The molecular weight excluding hydrogens is 251 g/mol. The fourth-order valence-corrected chi connectivity index (χ4v) is 2.35. The Morgan fingerprint density at radius 2 is 2.17 bits per heavy atom. The largest absolute Gasteiger partial charge is 0.481 e. The van der Waals surface area contributed by atoms with E-state index in [1.165, 1.54) is 7.11 Å². The number of rotatable bonds is 5. The summed E-state index contributed by atoms with van der Waals surface area (Å²) in [6.45, 7) is 1.80. The number of carboxylic acid groups (broad SMARTS) is 1. The molecule has 0 saturated carbocycles. The van der Waals surface area contributed by atoms with Gasteiger partial charge in [-0.25, -0.2) is 0 Å². The molecule has 0 aromatic heterocycles. The van der Waals surface area contributed by atoms with Gasteiger partial charge in [0.1, 0.15) is 0 Å². The van der Waals surface area contributed by atoms with Crippen molar-refractivity contribution < 1.29 is 27.8 Å². The van der Waals surface area contributed by atoms with Crippen LogP contribution in [0.3, 0.4) is 0 Å². The van der Waals surface area contributed by atoms with Gasteiger partial charge in [-0.05, 0) is 12.8 Å². The maximum absolute atomic E-state index is 13.0. The highest BCUT2D eigenvalue weighted by Crippen LogP contribution is 2.46. The van der Waals surface area contributed by atoms with E-state index in [1.807, 2.05) is 6.92 Å². The first kappa shape index (κ1) is 15.2. The SMILES string of the molecule is CCC(COC)N1CCC(C(=O)O)(C(F)(F)F)C1. The van der Waals surface area contributed by atoms with Gasteiger partial charge in [0, 0.05) is 26.2 Å². The fourth-order valence-electron chi connectivity index (χ4n) is 2.35. The minimum Gasteiger partial charge on any atom is -0.481 e. The van der Waals surface area contributed by atoms with Crippen molar-refractivity contribution in [1.82, 2.24) is 4.90 Å². The van der Waals surface area contributed by atoms with Crippen LogP contribution < -0.4 is 0 Å². The molecule has 0 aromatic carbocycles. The van der Waals surface area contributed by atoms with Crippen molar-refractivity contribution in [3.8, 4) is 0 Å². The van der Waals surface area contributed by atoms with Gasteiger partial charge in [0.05, 0.1) is 6.61 Å². The summed E-state index contributed by atoms with van der Waals surface area (Å²) in [6.07, 6.45) is -4.49. The summed E-state index contributed by atoms with van der Waals surface area (Å²) in [5, 5.41) is 8.92. The van der Waals surface area contributed by atoms with E-state index in [0.29, 0.717) is 13.0 Å². The van der Waals surface area contributed by atoms with E-state index in [4.69, 9.17) is 9.84 Å². The number of likely N-dealkylation sites (tertiary alicyclic amines) is 1. The Morgan fingerprint density at radius 3 is 2.50 bits per heavy atom. The number of nitrogens with zero attached hydrogens (tertiary/aromatic N) is 1. The summed E-state index contributed by atoms with van der Waals surface area (Å²) >= 11 is 0. The minimum absolute atomic E-state index is 0.133. The molecule has 1 N–H and O–H groups in total. The first-order chi connectivity index (χ1) is 8.28. The predicted molar refractivity (Wildman–Crippen MR) is 58.3 cm³/mol. The van der Waals surface area contributed by atoms with Gasteiger partial charge in [-0.2, -0.15) is 13.2 Å². The Balaban J connectivity index is 2.87. The third kappa shape index (κ3) is 2.61. The Kier molecular flexibility index (Phi) is 4.61. The van der Waals surface area contributed by atoms with Crippen molar-refractivity contribution in [2.75, 3.05) is 26.8 Å². The number of aliphatic carboxylic acids is 1. The van der Waals surface area contributed by atoms with Gasteiger partial charge in [-0.15, -0.1) is 0 Å². The quantitative estimate of drug-likeness (QED) is 0.826. The molecule has 1 rings (SSSR count). The summed E-state index contributed by atoms with van der Waals surface area (Å²) in [5.74, 6) is -1.79. The number of hydrogen-bond donors (Lipinski definition) is 1. The van der Waals surface area contributed by atoms with Gasteiger partial charge in [0.15, 0.2) is 5.41 Å². The summed E-state index contributed by atoms with van der Waals surface area (Å²) in [4.78, 5) is 12.6. The van der Waals surface area contributed by atoms with Crippen molar-refractivity contribution in [2.24, 2.45) is 5.41 Å². The van der Waals surface area contributed by atoms with Gasteiger partial charge in [-0.3, -0.25) is 9.69 Å². The molecule has 1 fully saturated rings. The van der Waals surface area contributed by atoms with E-state index in [2.05, 4.69) is 0 Å². The first-order valence-electron chi connectivity index (χ1n) is 5.81. The molecule has 7 heteroatoms. The number of methoxy groups -OCH3 is 1. The normalized spacial score (nSPS) is 27.4. The molecule has 1 heterocycles. The van der Waals surface area contributed by atoms with E-state index < -0.39 is 30.5 Å². The Labute approximate surface area is 104 Å². The van der Waals surface area contributed by atoms with Crippen molar-refractivity contribution in [3.05, 3.63) is 0 Å². The molecule has 106 valence electrons. The highest BCUT2D eigenvalue weighted by atomic mass is 19.4. The van der Waals surface area contributed by atoms with Crippen molar-refractivity contribution in [1.29, 1.82) is 0 Å². The fraction of sp³-hybridized carbons (Fsp3) is 0.909. The van der Waals surface area contributed by atoms with Crippen molar-refractivity contribution >= 4 is 5.97 Å². The van der Waals surface area contributed by atoms with Crippen molar-refractivity contribution in [2.45, 2.75) is 32.0 Å². The molecule has 18 heavy (non-hydrogen) atoms. The smallest absolute Gasteiger partial charge is 0.406 e. The Hall–Kier alpha value is -0.820. The number of hydrogen-bond acceptors (Lipinski definition) is 3. The molecule has 0 radical (unpaired) electrons. The van der Waals surface area contributed by atoms with Crippen LogP contribution in [0, 0.1) is 5.41 Å². The average Bonchev–Trinajstić information content (AvgIpc) is 2.71. The highest BCUT2D eigenvalue weighted by Gasteiger charge is 2.63. The monoisotopic (exact) mass is 269 g/mol. The van der Waals surface area contributed by atoms with Crippen LogP contribution >= 0.6 is 0 Å². The van der Waals surface area contributed by atoms with Crippen LogP contribution in [0.2, 0.25) is 0 Å². The van der Waals surface area contributed by atoms with Crippen LogP contribution in [-0.4, -0.2) is 55.0 Å². The standard InChI is InChI=1S/C11H18F3NO3/c1-3-8(6-18-2)15-5-4-10(7-15,9(16)17)11(12,13)14/h8H,3-7H2,1-2H3,(H,16,17). The molecule has 1 saturated heterocycles. The van der Waals surface area contributed by atoms with E-state index >= 15 is 0 Å². The molecule has 1 aliphatic rings. The van der Waals surface area contributed by atoms with Crippen LogP contribution in [0.25, 0.3) is 0 Å². The van der Waals surface area contributed by atoms with Crippen LogP contribution in [0.4, 0.5) is 13.2 Å². The van der Waals surface area contributed by atoms with Gasteiger partial charge in [-0.1, -0.05) is 6.92 Å². The zero-order valence-electron chi connectivity index (χ0n) is 10.5. The maximum atomic E-state index is 13.0. The third-order valence-corrected chi connectivity index (χ3v) is 3.60. The second-order valence-corrected chi connectivity index (χ2v) is 4.62. The summed E-state index contributed by atoms with van der Waals surface area (Å²) < 4.78 is 43.8. The topological polar surface area (TPSA) is 49.8 Å². The van der Waals surface area contributed by atoms with Crippen LogP contribution in [0.5, 0.6) is 0 Å². The first-order valence-corrected chi connectivity index (χ1v) is 5.81. The lowest BCUT2D eigenvalue weighted by atomic mass is 9.86. The predicted octanol–water partition coefficient (Wildman–Crippen LogP) is 1.75. The molecule has 0 spiro atoms. The number of alkyl halides is 3. The zero-order chi connectivity index (χ0) is 14.0. The molecule has 0 aliphatic carbocycles. The number of ether oxygens (including phenoxy) is 1. The van der Waals surface area contributed by atoms with Crippen LogP contribution in [0.1, 0.15) is 19.8 Å². The van der Waals surface area contributed by atoms with Gasteiger partial charge in [0.2, 0.25) is 0 Å². The molecule has 2 atom stereocenters. The molecule has 2 unspecified atom stereocenters. The summed E-state index contributed by atoms with van der Waals surface area (Å²) in [5.41, 5.74) is -2.63. The summed E-state index contributed by atoms with van der Waals surface area (Å²) in [7, 11) is 1.48. The van der Waals surface area contributed by atoms with E-state index in [0.717, 1.165) is 0 Å². The van der Waals surface area contributed by atoms with Crippen LogP contribution in [0.15, 0.2) is 0 Å². The van der Waals surface area contributed by atoms with E-state index in [1.54, 1.807) is 4.90 Å². The molecule has 0 aromatic rings. The summed E-state index contributed by atoms with van der Waals surface area (Å²) in [6, 6.07) is -0.168. The van der Waals surface area contributed by atoms with Gasteiger partial charge < -0.3 is 9.84 Å². The molecule has 0 amide bonds. The molecule has 0 bridgehead atoms. The van der Waals surface area contributed by atoms with E-state index in [9.17, 15) is 18.0 Å². The van der Waals surface area contributed by atoms with Gasteiger partial charge >= 0.3 is 12.1 Å². The molecular formula is C11H18F3NO3. The molecule has 1 aliphatic heterocycles. The van der Waals surface area contributed by atoms with Gasteiger partial charge in [0.25, 0.3) is 0 Å². The zero-order valence-corrected chi connectivity index (χ0v) is 10.5. The second-order valence-electron chi connectivity index (χ2n) is 4.62. The molecule has 4 nitrogen and oxygen atoms in total. The average molecular weight is 269 g/mol. The number of carboxylic acids is 1. The number of halogens is 3. The van der Waals surface area contributed by atoms with E-state index in [-0.39, 0.29) is 12.6 Å². The lowest BCUT2D eigenvalue weighted by Gasteiger charge is -2.30. The highest BCUT2D eigenvalue weighted by molar-refractivity contribution is 5.76. The Morgan fingerprint density at radius 1 is 1.56 bits per heavy atom.